The van der Waals surface area contributed by atoms with Crippen LogP contribution in [0, 0.1) is 13.8 Å². The lowest BCUT2D eigenvalue weighted by Crippen LogP contribution is -2.37. The van der Waals surface area contributed by atoms with E-state index in [-0.39, 0.29) is 4.90 Å². The van der Waals surface area contributed by atoms with Crippen molar-refractivity contribution in [2.24, 2.45) is 0 Å². The van der Waals surface area contributed by atoms with E-state index < -0.39 is 15.9 Å². The second kappa shape index (κ2) is 8.81. The van der Waals surface area contributed by atoms with Gasteiger partial charge in [0.05, 0.1) is 10.6 Å². The summed E-state index contributed by atoms with van der Waals surface area (Å²) in [5.74, 6) is -0.595. The number of rotatable bonds is 5. The zero-order valence-corrected chi connectivity index (χ0v) is 18.7. The monoisotopic (exact) mass is 441 g/mol. The molecule has 0 aliphatic carbocycles. The zero-order chi connectivity index (χ0) is 22.7. The summed E-state index contributed by atoms with van der Waals surface area (Å²) < 4.78 is 28.1. The molecule has 4 rings (SSSR count). The summed E-state index contributed by atoms with van der Waals surface area (Å²) in [6.07, 6.45) is 0. The van der Waals surface area contributed by atoms with E-state index in [1.807, 2.05) is 62.4 Å². The Morgan fingerprint density at radius 2 is 1.22 bits per heavy atom. The highest BCUT2D eigenvalue weighted by atomic mass is 32.2. The molecular formula is C27H23NO3S. The number of carbonyl (C=O) groups is 1. The molecule has 0 spiro atoms. The van der Waals surface area contributed by atoms with Crippen molar-refractivity contribution in [2.45, 2.75) is 18.7 Å². The van der Waals surface area contributed by atoms with Gasteiger partial charge in [0.2, 0.25) is 0 Å². The second-order valence-electron chi connectivity index (χ2n) is 7.55. The van der Waals surface area contributed by atoms with E-state index in [1.54, 1.807) is 42.5 Å². The van der Waals surface area contributed by atoms with Gasteiger partial charge in [-0.15, -0.1) is 0 Å². The largest absolute Gasteiger partial charge is 0.272 e. The summed E-state index contributed by atoms with van der Waals surface area (Å²) in [5.41, 5.74) is 4.27. The van der Waals surface area contributed by atoms with Crippen LogP contribution in [0.1, 0.15) is 21.5 Å². The number of hydrogen-bond acceptors (Lipinski definition) is 3. The number of nitrogens with zero attached hydrogens (tertiary/aromatic N) is 1. The quantitative estimate of drug-likeness (QED) is 0.381. The van der Waals surface area contributed by atoms with Crippen molar-refractivity contribution in [3.8, 4) is 11.1 Å². The Bertz CT molecular complexity index is 1350. The van der Waals surface area contributed by atoms with Crippen molar-refractivity contribution in [1.82, 2.24) is 0 Å². The molecular weight excluding hydrogens is 418 g/mol. The van der Waals surface area contributed by atoms with Crippen molar-refractivity contribution in [3.63, 3.8) is 0 Å². The Kier molecular flexibility index (Phi) is 5.93. The van der Waals surface area contributed by atoms with Crippen molar-refractivity contribution >= 4 is 21.6 Å². The van der Waals surface area contributed by atoms with Gasteiger partial charge in [0.25, 0.3) is 15.9 Å². The lowest BCUT2D eigenvalue weighted by atomic mass is 10.0. The number of aryl methyl sites for hydroxylation is 1. The molecule has 0 aliphatic heterocycles. The number of carbonyl (C=O) groups excluding carboxylic acids is 1. The molecule has 0 radical (unpaired) electrons. The lowest BCUT2D eigenvalue weighted by molar-refractivity contribution is 0.100. The second-order valence-corrected chi connectivity index (χ2v) is 9.34. The first-order chi connectivity index (χ1) is 15.4. The van der Waals surface area contributed by atoms with Crippen molar-refractivity contribution in [2.75, 3.05) is 4.31 Å². The third kappa shape index (κ3) is 4.07. The lowest BCUT2D eigenvalue weighted by Gasteiger charge is -2.25. The van der Waals surface area contributed by atoms with E-state index in [4.69, 9.17) is 0 Å². The molecule has 0 bridgehead atoms. The fourth-order valence-electron chi connectivity index (χ4n) is 3.55. The Morgan fingerprint density at radius 1 is 0.656 bits per heavy atom. The minimum absolute atomic E-state index is 0.0650. The Morgan fingerprint density at radius 3 is 1.84 bits per heavy atom. The standard InChI is InChI=1S/C27H23NO3S/c1-20-10-9-15-26(21(20)2)28(32(30,31)25-13-7-4-8-14-25)27(29)24-18-16-23(17-19-24)22-11-5-3-6-12-22/h3-19H,1-2H3. The molecule has 0 saturated heterocycles. The van der Waals surface area contributed by atoms with Crippen molar-refractivity contribution in [3.05, 3.63) is 120 Å². The molecule has 0 atom stereocenters. The first-order valence-electron chi connectivity index (χ1n) is 10.3. The number of sulfonamides is 1. The summed E-state index contributed by atoms with van der Waals surface area (Å²) in [6, 6.07) is 30.2. The smallest absolute Gasteiger partial charge is 0.268 e. The molecule has 32 heavy (non-hydrogen) atoms. The van der Waals surface area contributed by atoms with E-state index in [2.05, 4.69) is 0 Å². The van der Waals surface area contributed by atoms with Gasteiger partial charge in [-0.2, -0.15) is 4.31 Å². The first-order valence-corrected chi connectivity index (χ1v) is 11.7. The third-order valence-corrected chi connectivity index (χ3v) is 7.21. The van der Waals surface area contributed by atoms with Crippen LogP contribution in [-0.2, 0) is 10.0 Å². The third-order valence-electron chi connectivity index (χ3n) is 5.50. The molecule has 0 N–H and O–H groups in total. The van der Waals surface area contributed by atoms with Gasteiger partial charge in [-0.25, -0.2) is 8.42 Å². The predicted molar refractivity (Wildman–Crippen MR) is 128 cm³/mol. The highest BCUT2D eigenvalue weighted by Crippen LogP contribution is 2.31. The minimum atomic E-state index is -4.12. The molecule has 160 valence electrons. The van der Waals surface area contributed by atoms with Crippen LogP contribution >= 0.6 is 0 Å². The topological polar surface area (TPSA) is 54.5 Å². The predicted octanol–water partition coefficient (Wildman–Crippen LogP) is 6.01. The summed E-state index contributed by atoms with van der Waals surface area (Å²) in [4.78, 5) is 13.7. The van der Waals surface area contributed by atoms with Gasteiger partial charge in [0.15, 0.2) is 0 Å². The Labute approximate surface area is 188 Å². The maximum Gasteiger partial charge on any atom is 0.272 e. The molecule has 4 aromatic rings. The van der Waals surface area contributed by atoms with Crippen molar-refractivity contribution < 1.29 is 13.2 Å². The fourth-order valence-corrected chi connectivity index (χ4v) is 5.05. The van der Waals surface area contributed by atoms with Crippen LogP contribution < -0.4 is 4.31 Å². The molecule has 0 heterocycles. The maximum absolute atomic E-state index is 13.6. The Hall–Kier alpha value is -3.70. The SMILES string of the molecule is Cc1cccc(N(C(=O)c2ccc(-c3ccccc3)cc2)S(=O)(=O)c2ccccc2)c1C. The molecule has 5 heteroatoms. The molecule has 1 amide bonds. The van der Waals surface area contributed by atoms with Gasteiger partial charge in [-0.1, -0.05) is 72.8 Å². The van der Waals surface area contributed by atoms with Crippen LogP contribution in [0.4, 0.5) is 5.69 Å². The highest BCUT2D eigenvalue weighted by Gasteiger charge is 2.33. The van der Waals surface area contributed by atoms with Gasteiger partial charge < -0.3 is 0 Å². The van der Waals surface area contributed by atoms with Gasteiger partial charge in [-0.05, 0) is 66.4 Å². The van der Waals surface area contributed by atoms with Gasteiger partial charge >= 0.3 is 0 Å². The fraction of sp³-hybridized carbons (Fsp3) is 0.0741. The van der Waals surface area contributed by atoms with Crippen LogP contribution in [-0.4, -0.2) is 14.3 Å². The molecule has 0 unspecified atom stereocenters. The average Bonchev–Trinajstić information content (AvgIpc) is 2.83. The number of amides is 1. The minimum Gasteiger partial charge on any atom is -0.268 e. The molecule has 0 aliphatic rings. The summed E-state index contributed by atoms with van der Waals surface area (Å²) in [5, 5.41) is 0. The van der Waals surface area contributed by atoms with Crippen molar-refractivity contribution in [1.29, 1.82) is 0 Å². The van der Waals surface area contributed by atoms with Crippen LogP contribution in [0.3, 0.4) is 0 Å². The first kappa shape index (κ1) is 21.5. The summed E-state index contributed by atoms with van der Waals surface area (Å²) in [7, 11) is -4.12. The average molecular weight is 442 g/mol. The number of hydrogen-bond donors (Lipinski definition) is 0. The van der Waals surface area contributed by atoms with Gasteiger partial charge in [-0.3, -0.25) is 4.79 Å². The van der Waals surface area contributed by atoms with E-state index in [0.717, 1.165) is 26.6 Å². The summed E-state index contributed by atoms with van der Waals surface area (Å²) in [6.45, 7) is 3.72. The number of benzene rings is 4. The van der Waals surface area contributed by atoms with E-state index in [9.17, 15) is 13.2 Å². The van der Waals surface area contributed by atoms with Crippen LogP contribution in [0.5, 0.6) is 0 Å². The highest BCUT2D eigenvalue weighted by molar-refractivity contribution is 7.93. The zero-order valence-electron chi connectivity index (χ0n) is 17.9. The molecule has 0 aromatic heterocycles. The molecule has 4 aromatic carbocycles. The van der Waals surface area contributed by atoms with Crippen LogP contribution in [0.2, 0.25) is 0 Å². The normalized spacial score (nSPS) is 11.2. The molecule has 4 nitrogen and oxygen atoms in total. The molecule has 0 fully saturated rings. The molecule has 0 saturated carbocycles. The van der Waals surface area contributed by atoms with E-state index in [0.29, 0.717) is 11.3 Å². The summed E-state index contributed by atoms with van der Waals surface area (Å²) >= 11 is 0. The number of anilines is 1. The van der Waals surface area contributed by atoms with Crippen LogP contribution in [0.15, 0.2) is 108 Å². The van der Waals surface area contributed by atoms with E-state index >= 15 is 0 Å². The van der Waals surface area contributed by atoms with Gasteiger partial charge in [0.1, 0.15) is 0 Å². The van der Waals surface area contributed by atoms with Gasteiger partial charge in [0, 0.05) is 5.56 Å². The van der Waals surface area contributed by atoms with E-state index in [1.165, 1.54) is 12.1 Å². The maximum atomic E-state index is 13.6. The Balaban J connectivity index is 1.82. The van der Waals surface area contributed by atoms with Crippen LogP contribution in [0.25, 0.3) is 11.1 Å².